The number of thiophene rings is 1. The maximum atomic E-state index is 13.5. The molecule has 0 fully saturated rings. The van der Waals surface area contributed by atoms with Gasteiger partial charge in [-0.1, -0.05) is 11.3 Å². The lowest BCUT2D eigenvalue weighted by Crippen LogP contribution is -2.39. The Balaban J connectivity index is 1.58. The molecule has 170 valence electrons. The first-order chi connectivity index (χ1) is 15.7. The zero-order chi connectivity index (χ0) is 23.7. The summed E-state index contributed by atoms with van der Waals surface area (Å²) in [6.07, 6.45) is 0. The van der Waals surface area contributed by atoms with Gasteiger partial charge in [0.2, 0.25) is 0 Å². The van der Waals surface area contributed by atoms with E-state index in [-0.39, 0.29) is 15.7 Å². The molecule has 2 heterocycles. The highest BCUT2D eigenvalue weighted by Crippen LogP contribution is 2.37. The molecule has 0 saturated carbocycles. The molecule has 0 bridgehead atoms. The quantitative estimate of drug-likeness (QED) is 0.355. The Morgan fingerprint density at radius 3 is 2.39 bits per heavy atom. The molecule has 10 heteroatoms. The first-order valence-corrected chi connectivity index (χ1v) is 11.6. The van der Waals surface area contributed by atoms with E-state index in [0.717, 1.165) is 22.5 Å². The van der Waals surface area contributed by atoms with Gasteiger partial charge in [-0.05, 0) is 91.7 Å². The number of hydrogen-bond acceptors (Lipinski definition) is 7. The number of nitrogens with zero attached hydrogens (tertiary/aromatic N) is 1. The van der Waals surface area contributed by atoms with Gasteiger partial charge < -0.3 is 15.4 Å². The lowest BCUT2D eigenvalue weighted by Gasteiger charge is -2.13. The van der Waals surface area contributed by atoms with Crippen molar-refractivity contribution >= 4 is 39.7 Å². The highest BCUT2D eigenvalue weighted by atomic mass is 32.2. The van der Waals surface area contributed by atoms with E-state index in [1.807, 2.05) is 32.9 Å². The van der Waals surface area contributed by atoms with Gasteiger partial charge in [0.25, 0.3) is 5.91 Å². The van der Waals surface area contributed by atoms with Crippen molar-refractivity contribution in [1.29, 1.82) is 0 Å². The fourth-order valence-electron chi connectivity index (χ4n) is 3.24. The van der Waals surface area contributed by atoms with Crippen LogP contribution in [0.5, 0.6) is 5.75 Å². The zero-order valence-electron chi connectivity index (χ0n) is 18.0. The van der Waals surface area contributed by atoms with Crippen LogP contribution >= 0.6 is 23.1 Å². The average Bonchev–Trinajstić information content (AvgIpc) is 3.40. The smallest absolute Gasteiger partial charge is 0.324 e. The molecule has 7 nitrogen and oxygen atoms in total. The van der Waals surface area contributed by atoms with Crippen LogP contribution in [0, 0.1) is 36.7 Å². The second kappa shape index (κ2) is 9.24. The number of amides is 1. The van der Waals surface area contributed by atoms with Crippen LogP contribution in [0.2, 0.25) is 0 Å². The number of benzene rings is 2. The molecule has 1 atom stereocenters. The number of halogens is 1. The maximum Gasteiger partial charge on any atom is 0.324 e. The summed E-state index contributed by atoms with van der Waals surface area (Å²) in [7, 11) is 0. The first kappa shape index (κ1) is 22.8. The van der Waals surface area contributed by atoms with Gasteiger partial charge in [0.15, 0.2) is 10.6 Å². The number of thioether (sulfide) groups is 1. The number of nitro groups is 1. The van der Waals surface area contributed by atoms with E-state index in [4.69, 9.17) is 4.74 Å². The van der Waals surface area contributed by atoms with E-state index >= 15 is 0 Å². The highest BCUT2D eigenvalue weighted by Gasteiger charge is 2.30. The standard InChI is InChI=1S/C23H20FN3O4S2/c1-12-10-17(11-13(2)14(12)3)31-22-20(15-4-6-16(24)7-5-15)25-23(33-22)26-21(28)18-8-9-19(32-18)27(29)30/h4-11,23,25H,1-3H3,(H,26,28). The second-order valence-corrected chi connectivity index (χ2v) is 9.60. The first-order valence-electron chi connectivity index (χ1n) is 9.95. The minimum absolute atomic E-state index is 0.105. The number of nitrogens with one attached hydrogen (secondary N) is 2. The van der Waals surface area contributed by atoms with Crippen molar-refractivity contribution in [3.63, 3.8) is 0 Å². The largest absolute Gasteiger partial charge is 0.448 e. The molecule has 0 radical (unpaired) electrons. The summed E-state index contributed by atoms with van der Waals surface area (Å²) in [5.41, 5.74) is 4.09. The van der Waals surface area contributed by atoms with Crippen molar-refractivity contribution < 1.29 is 18.8 Å². The lowest BCUT2D eigenvalue weighted by molar-refractivity contribution is -0.380. The summed E-state index contributed by atoms with van der Waals surface area (Å²) in [6.45, 7) is 6.06. The molecule has 2 N–H and O–H groups in total. The number of ether oxygens (including phenoxy) is 1. The summed E-state index contributed by atoms with van der Waals surface area (Å²) in [5.74, 6) is -0.151. The van der Waals surface area contributed by atoms with E-state index < -0.39 is 16.3 Å². The molecular formula is C23H20FN3O4S2. The molecule has 1 aliphatic heterocycles. The van der Waals surface area contributed by atoms with Crippen LogP contribution in [0.15, 0.2) is 53.6 Å². The number of carbonyl (C=O) groups excluding carboxylic acids is 1. The Hall–Kier alpha value is -3.37. The van der Waals surface area contributed by atoms with Crippen LogP contribution in [-0.4, -0.2) is 16.3 Å². The van der Waals surface area contributed by atoms with Crippen molar-refractivity contribution in [2.75, 3.05) is 0 Å². The average molecular weight is 486 g/mol. The Labute approximate surface area is 197 Å². The fourth-order valence-corrected chi connectivity index (χ4v) is 4.96. The van der Waals surface area contributed by atoms with Crippen LogP contribution in [0.3, 0.4) is 0 Å². The monoisotopic (exact) mass is 485 g/mol. The van der Waals surface area contributed by atoms with Crippen LogP contribution < -0.4 is 15.4 Å². The minimum atomic E-state index is -0.582. The summed E-state index contributed by atoms with van der Waals surface area (Å²) < 4.78 is 19.7. The fraction of sp³-hybridized carbons (Fsp3) is 0.174. The van der Waals surface area contributed by atoms with Gasteiger partial charge in [-0.15, -0.1) is 0 Å². The van der Waals surface area contributed by atoms with Gasteiger partial charge >= 0.3 is 5.00 Å². The molecule has 3 aromatic rings. The van der Waals surface area contributed by atoms with Crippen molar-refractivity contribution in [3.05, 3.63) is 96.7 Å². The van der Waals surface area contributed by atoms with Crippen molar-refractivity contribution in [3.8, 4) is 5.75 Å². The van der Waals surface area contributed by atoms with Crippen LogP contribution in [0.1, 0.15) is 31.9 Å². The predicted molar refractivity (Wildman–Crippen MR) is 128 cm³/mol. The summed E-state index contributed by atoms with van der Waals surface area (Å²) in [6, 6.07) is 12.5. The Kier molecular flexibility index (Phi) is 6.39. The van der Waals surface area contributed by atoms with Crippen molar-refractivity contribution in [2.45, 2.75) is 26.3 Å². The molecule has 1 amide bonds. The van der Waals surface area contributed by atoms with E-state index in [1.165, 1.54) is 41.6 Å². The molecule has 4 rings (SSSR count). The summed E-state index contributed by atoms with van der Waals surface area (Å²) in [5, 5.41) is 17.3. The van der Waals surface area contributed by atoms with Gasteiger partial charge in [0, 0.05) is 11.6 Å². The third kappa shape index (κ3) is 5.01. The van der Waals surface area contributed by atoms with Gasteiger partial charge in [0.1, 0.15) is 11.6 Å². The number of aryl methyl sites for hydroxylation is 2. The lowest BCUT2D eigenvalue weighted by atomic mass is 10.0. The topological polar surface area (TPSA) is 93.5 Å². The second-order valence-electron chi connectivity index (χ2n) is 7.46. The predicted octanol–water partition coefficient (Wildman–Crippen LogP) is 5.48. The molecule has 1 aliphatic rings. The van der Waals surface area contributed by atoms with Crippen LogP contribution in [0.25, 0.3) is 5.70 Å². The number of rotatable bonds is 6. The summed E-state index contributed by atoms with van der Waals surface area (Å²) >= 11 is 2.06. The van der Waals surface area contributed by atoms with Gasteiger partial charge in [0.05, 0.1) is 15.5 Å². The van der Waals surface area contributed by atoms with E-state index in [0.29, 0.717) is 22.1 Å². The van der Waals surface area contributed by atoms with Crippen molar-refractivity contribution in [2.24, 2.45) is 0 Å². The molecule has 2 aromatic carbocycles. The molecule has 1 aromatic heterocycles. The van der Waals surface area contributed by atoms with Crippen molar-refractivity contribution in [1.82, 2.24) is 10.6 Å². The zero-order valence-corrected chi connectivity index (χ0v) is 19.6. The molecule has 1 unspecified atom stereocenters. The molecule has 0 spiro atoms. The Bertz CT molecular complexity index is 1250. The Morgan fingerprint density at radius 1 is 1.12 bits per heavy atom. The van der Waals surface area contributed by atoms with Crippen LogP contribution in [0.4, 0.5) is 9.39 Å². The maximum absolute atomic E-state index is 13.5. The molecular weight excluding hydrogens is 465 g/mol. The Morgan fingerprint density at radius 2 is 1.79 bits per heavy atom. The number of carbonyl (C=O) groups is 1. The molecule has 0 saturated heterocycles. The SMILES string of the molecule is Cc1cc(OC2=C(c3ccc(F)cc3)NC(NC(=O)c3ccc([N+](=O)[O-])s3)S2)cc(C)c1C. The number of hydrogen-bond donors (Lipinski definition) is 2. The highest BCUT2D eigenvalue weighted by molar-refractivity contribution is 8.03. The third-order valence-electron chi connectivity index (χ3n) is 5.21. The van der Waals surface area contributed by atoms with Crippen LogP contribution in [-0.2, 0) is 0 Å². The van der Waals surface area contributed by atoms with E-state index in [2.05, 4.69) is 10.6 Å². The molecule has 0 aliphatic carbocycles. The van der Waals surface area contributed by atoms with Gasteiger partial charge in [-0.25, -0.2) is 4.39 Å². The van der Waals surface area contributed by atoms with Gasteiger partial charge in [-0.2, -0.15) is 0 Å². The molecule has 33 heavy (non-hydrogen) atoms. The van der Waals surface area contributed by atoms with E-state index in [1.54, 1.807) is 12.1 Å². The van der Waals surface area contributed by atoms with E-state index in [9.17, 15) is 19.3 Å². The normalized spacial score (nSPS) is 15.3. The minimum Gasteiger partial charge on any atom is -0.448 e. The van der Waals surface area contributed by atoms with Gasteiger partial charge in [-0.3, -0.25) is 14.9 Å². The third-order valence-corrected chi connectivity index (χ3v) is 7.21. The summed E-state index contributed by atoms with van der Waals surface area (Å²) in [4.78, 5) is 23.2.